The van der Waals surface area contributed by atoms with Crippen molar-refractivity contribution in [1.82, 2.24) is 10.3 Å². The highest BCUT2D eigenvalue weighted by molar-refractivity contribution is 7.90. The average Bonchev–Trinajstić information content (AvgIpc) is 2.26. The van der Waals surface area contributed by atoms with E-state index in [1.54, 1.807) is 12.4 Å². The van der Waals surface area contributed by atoms with Crippen LogP contribution in [-0.2, 0) is 16.4 Å². The molecule has 0 aliphatic heterocycles. The van der Waals surface area contributed by atoms with Crippen LogP contribution in [0.4, 0.5) is 5.69 Å². The van der Waals surface area contributed by atoms with Gasteiger partial charge in [0.1, 0.15) is 9.84 Å². The Hall–Kier alpha value is -1.14. The van der Waals surface area contributed by atoms with Crippen molar-refractivity contribution in [3.63, 3.8) is 0 Å². The van der Waals surface area contributed by atoms with E-state index >= 15 is 0 Å². The lowest BCUT2D eigenvalue weighted by atomic mass is 10.2. The molecule has 0 radical (unpaired) electrons. The fourth-order valence-corrected chi connectivity index (χ4v) is 2.15. The minimum Gasteiger partial charge on any atom is -0.373 e. The number of nitrogens with one attached hydrogen (secondary N) is 1. The summed E-state index contributed by atoms with van der Waals surface area (Å²) in [6.07, 6.45) is 4.76. The standard InChI is InChI=1S/C11H19N3O2S/c1-12-8-10-9-13-5-4-11(10)14(2)6-7-17(3,15)16/h4-5,9,12H,6-8H2,1-3H3. The molecule has 5 nitrogen and oxygen atoms in total. The van der Waals surface area contributed by atoms with Gasteiger partial charge in [-0.15, -0.1) is 0 Å². The molecule has 0 fully saturated rings. The van der Waals surface area contributed by atoms with Crippen molar-refractivity contribution in [2.75, 3.05) is 37.5 Å². The van der Waals surface area contributed by atoms with Crippen LogP contribution < -0.4 is 10.2 Å². The van der Waals surface area contributed by atoms with Crippen LogP contribution in [0.2, 0.25) is 0 Å². The zero-order valence-electron chi connectivity index (χ0n) is 10.5. The molecule has 1 rings (SSSR count). The van der Waals surface area contributed by atoms with Gasteiger partial charge in [-0.2, -0.15) is 0 Å². The molecule has 0 aliphatic carbocycles. The molecule has 0 unspecified atom stereocenters. The van der Waals surface area contributed by atoms with Crippen molar-refractivity contribution < 1.29 is 8.42 Å². The Morgan fingerprint density at radius 1 is 1.47 bits per heavy atom. The lowest BCUT2D eigenvalue weighted by Crippen LogP contribution is -2.26. The lowest BCUT2D eigenvalue weighted by molar-refractivity contribution is 0.601. The molecular weight excluding hydrogens is 238 g/mol. The number of pyridine rings is 1. The molecule has 0 saturated heterocycles. The first-order chi connectivity index (χ1) is 7.94. The van der Waals surface area contributed by atoms with Gasteiger partial charge in [-0.05, 0) is 13.1 Å². The second-order valence-corrected chi connectivity index (χ2v) is 6.35. The molecule has 0 saturated carbocycles. The fourth-order valence-electron chi connectivity index (χ4n) is 1.54. The Labute approximate surface area is 103 Å². The van der Waals surface area contributed by atoms with E-state index in [0.717, 1.165) is 11.3 Å². The molecule has 0 spiro atoms. The first-order valence-corrected chi connectivity index (χ1v) is 7.46. The Kier molecular flexibility index (Phi) is 4.89. The maximum atomic E-state index is 11.1. The third kappa shape index (κ3) is 4.70. The SMILES string of the molecule is CNCc1cnccc1N(C)CCS(C)(=O)=O. The van der Waals surface area contributed by atoms with Crippen molar-refractivity contribution in [2.24, 2.45) is 0 Å². The molecule has 0 aliphatic rings. The zero-order valence-corrected chi connectivity index (χ0v) is 11.3. The number of hydrogen-bond donors (Lipinski definition) is 1. The van der Waals surface area contributed by atoms with Gasteiger partial charge in [0.15, 0.2) is 0 Å². The molecule has 0 amide bonds. The Morgan fingerprint density at radius 3 is 2.76 bits per heavy atom. The molecular formula is C11H19N3O2S. The van der Waals surface area contributed by atoms with E-state index in [0.29, 0.717) is 13.1 Å². The number of anilines is 1. The van der Waals surface area contributed by atoms with Crippen molar-refractivity contribution in [2.45, 2.75) is 6.54 Å². The molecule has 96 valence electrons. The van der Waals surface area contributed by atoms with Crippen LogP contribution in [-0.4, -0.2) is 46.1 Å². The largest absolute Gasteiger partial charge is 0.373 e. The van der Waals surface area contributed by atoms with Crippen LogP contribution in [0.3, 0.4) is 0 Å². The van der Waals surface area contributed by atoms with E-state index in [-0.39, 0.29) is 5.75 Å². The highest BCUT2D eigenvalue weighted by Gasteiger charge is 2.09. The minimum absolute atomic E-state index is 0.158. The number of rotatable bonds is 6. The Balaban J connectivity index is 2.77. The fraction of sp³-hybridized carbons (Fsp3) is 0.545. The second kappa shape index (κ2) is 5.97. The molecule has 0 aromatic carbocycles. The average molecular weight is 257 g/mol. The summed E-state index contributed by atoms with van der Waals surface area (Å²) in [6.45, 7) is 1.20. The zero-order chi connectivity index (χ0) is 12.9. The summed E-state index contributed by atoms with van der Waals surface area (Å²) in [6, 6.07) is 1.90. The molecule has 1 aromatic rings. The second-order valence-electron chi connectivity index (χ2n) is 4.09. The summed E-state index contributed by atoms with van der Waals surface area (Å²) in [5.74, 6) is 0.158. The Morgan fingerprint density at radius 2 is 2.18 bits per heavy atom. The minimum atomic E-state index is -2.93. The Bertz CT molecular complexity index is 460. The van der Waals surface area contributed by atoms with Gasteiger partial charge < -0.3 is 10.2 Å². The van der Waals surface area contributed by atoms with Gasteiger partial charge in [0.25, 0.3) is 0 Å². The van der Waals surface area contributed by atoms with E-state index in [4.69, 9.17) is 0 Å². The van der Waals surface area contributed by atoms with Gasteiger partial charge in [0.05, 0.1) is 5.75 Å². The van der Waals surface area contributed by atoms with Gasteiger partial charge in [-0.25, -0.2) is 8.42 Å². The quantitative estimate of drug-likeness (QED) is 0.793. The van der Waals surface area contributed by atoms with Crippen LogP contribution in [0, 0.1) is 0 Å². The van der Waals surface area contributed by atoms with Crippen LogP contribution in [0.1, 0.15) is 5.56 Å². The number of hydrogen-bond acceptors (Lipinski definition) is 5. The summed E-state index contributed by atoms with van der Waals surface area (Å²) in [7, 11) is 0.832. The van der Waals surface area contributed by atoms with E-state index in [1.807, 2.05) is 25.1 Å². The van der Waals surface area contributed by atoms with E-state index in [9.17, 15) is 8.42 Å². The van der Waals surface area contributed by atoms with Crippen LogP contribution in [0.15, 0.2) is 18.5 Å². The molecule has 0 bridgehead atoms. The highest BCUT2D eigenvalue weighted by atomic mass is 32.2. The van der Waals surface area contributed by atoms with Crippen LogP contribution in [0.5, 0.6) is 0 Å². The summed E-state index contributed by atoms with van der Waals surface area (Å²) in [5, 5.41) is 3.07. The van der Waals surface area contributed by atoms with Crippen molar-refractivity contribution >= 4 is 15.5 Å². The van der Waals surface area contributed by atoms with Crippen molar-refractivity contribution in [3.8, 4) is 0 Å². The monoisotopic (exact) mass is 257 g/mol. The molecule has 17 heavy (non-hydrogen) atoms. The number of aromatic nitrogens is 1. The maximum Gasteiger partial charge on any atom is 0.149 e. The van der Waals surface area contributed by atoms with Crippen LogP contribution >= 0.6 is 0 Å². The first-order valence-electron chi connectivity index (χ1n) is 5.40. The number of nitrogens with zero attached hydrogens (tertiary/aromatic N) is 2. The van der Waals surface area contributed by atoms with Gasteiger partial charge in [0, 0.05) is 50.0 Å². The molecule has 0 atom stereocenters. The molecule has 1 aromatic heterocycles. The lowest BCUT2D eigenvalue weighted by Gasteiger charge is -2.21. The van der Waals surface area contributed by atoms with E-state index < -0.39 is 9.84 Å². The van der Waals surface area contributed by atoms with Gasteiger partial charge in [-0.3, -0.25) is 4.98 Å². The van der Waals surface area contributed by atoms with E-state index in [1.165, 1.54) is 6.26 Å². The van der Waals surface area contributed by atoms with Crippen molar-refractivity contribution in [1.29, 1.82) is 0 Å². The highest BCUT2D eigenvalue weighted by Crippen LogP contribution is 2.17. The third-order valence-corrected chi connectivity index (χ3v) is 3.38. The van der Waals surface area contributed by atoms with E-state index in [2.05, 4.69) is 10.3 Å². The first kappa shape index (κ1) is 13.9. The van der Waals surface area contributed by atoms with Gasteiger partial charge in [0.2, 0.25) is 0 Å². The van der Waals surface area contributed by atoms with Gasteiger partial charge >= 0.3 is 0 Å². The predicted molar refractivity (Wildman–Crippen MR) is 70.0 cm³/mol. The summed E-state index contributed by atoms with van der Waals surface area (Å²) < 4.78 is 22.3. The number of sulfone groups is 1. The predicted octanol–water partition coefficient (Wildman–Crippen LogP) is 0.282. The molecule has 1 N–H and O–H groups in total. The van der Waals surface area contributed by atoms with Gasteiger partial charge in [-0.1, -0.05) is 0 Å². The topological polar surface area (TPSA) is 62.3 Å². The normalized spacial score (nSPS) is 11.5. The summed E-state index contributed by atoms with van der Waals surface area (Å²) >= 11 is 0. The van der Waals surface area contributed by atoms with Crippen LogP contribution in [0.25, 0.3) is 0 Å². The third-order valence-electron chi connectivity index (χ3n) is 2.45. The van der Waals surface area contributed by atoms with Crippen molar-refractivity contribution in [3.05, 3.63) is 24.0 Å². The molecule has 1 heterocycles. The molecule has 6 heteroatoms. The maximum absolute atomic E-state index is 11.1. The summed E-state index contributed by atoms with van der Waals surface area (Å²) in [4.78, 5) is 6.01. The summed E-state index contributed by atoms with van der Waals surface area (Å²) in [5.41, 5.74) is 2.07. The smallest absolute Gasteiger partial charge is 0.149 e.